The third-order valence-electron chi connectivity index (χ3n) is 4.26. The second-order valence-electron chi connectivity index (χ2n) is 6.56. The van der Waals surface area contributed by atoms with Gasteiger partial charge in [-0.1, -0.05) is 61.0 Å². The Morgan fingerprint density at radius 3 is 2.32 bits per heavy atom. The van der Waals surface area contributed by atoms with Crippen molar-refractivity contribution in [3.8, 4) is 41.3 Å². The van der Waals surface area contributed by atoms with Gasteiger partial charge in [0, 0.05) is 6.61 Å². The van der Waals surface area contributed by atoms with Gasteiger partial charge in [0.1, 0.15) is 19.0 Å². The standard InChI is InChI=1S/C25H30O3/c1-2-3-14-23-16-18-24(19-17-23)26-20-11-8-6-4-5-7-9-12-21-27-25-15-10-13-22-28-25/h16-19,25H,2-3,6-7,10,13-15,20-22H2,1H3. The maximum Gasteiger partial charge on any atom is 0.158 e. The first kappa shape index (κ1) is 21.9. The molecule has 28 heavy (non-hydrogen) atoms. The minimum Gasteiger partial charge on any atom is -0.481 e. The lowest BCUT2D eigenvalue weighted by Crippen LogP contribution is -2.22. The van der Waals surface area contributed by atoms with E-state index in [0.717, 1.165) is 31.6 Å². The molecule has 1 aromatic rings. The van der Waals surface area contributed by atoms with E-state index in [0.29, 0.717) is 26.1 Å². The molecule has 0 amide bonds. The van der Waals surface area contributed by atoms with Crippen molar-refractivity contribution < 1.29 is 14.2 Å². The summed E-state index contributed by atoms with van der Waals surface area (Å²) in [5.41, 5.74) is 1.35. The lowest BCUT2D eigenvalue weighted by Gasteiger charge is -2.21. The molecule has 1 aromatic carbocycles. The molecule has 1 unspecified atom stereocenters. The number of ether oxygens (including phenoxy) is 3. The Hall–Kier alpha value is -2.38. The van der Waals surface area contributed by atoms with Crippen LogP contribution in [0.1, 0.15) is 57.4 Å². The quantitative estimate of drug-likeness (QED) is 0.641. The van der Waals surface area contributed by atoms with Gasteiger partial charge in [0.15, 0.2) is 6.29 Å². The Bertz CT molecular complexity index is 726. The molecule has 0 radical (unpaired) electrons. The minimum absolute atomic E-state index is 0.0781. The second kappa shape index (κ2) is 14.6. The summed E-state index contributed by atoms with van der Waals surface area (Å²) in [6.45, 7) is 3.79. The first-order valence-electron chi connectivity index (χ1n) is 10.2. The van der Waals surface area contributed by atoms with Gasteiger partial charge in [-0.05, 0) is 49.8 Å². The Balaban J connectivity index is 1.52. The van der Waals surface area contributed by atoms with E-state index < -0.39 is 0 Å². The van der Waals surface area contributed by atoms with Gasteiger partial charge < -0.3 is 14.2 Å². The number of hydrogen-bond donors (Lipinski definition) is 0. The van der Waals surface area contributed by atoms with Crippen LogP contribution in [-0.2, 0) is 15.9 Å². The Morgan fingerprint density at radius 2 is 1.64 bits per heavy atom. The van der Waals surface area contributed by atoms with Gasteiger partial charge >= 0.3 is 0 Å². The van der Waals surface area contributed by atoms with E-state index >= 15 is 0 Å². The van der Waals surface area contributed by atoms with Gasteiger partial charge in [0.2, 0.25) is 0 Å². The zero-order valence-corrected chi connectivity index (χ0v) is 16.9. The van der Waals surface area contributed by atoms with Gasteiger partial charge in [-0.3, -0.25) is 0 Å². The molecule has 0 N–H and O–H groups in total. The van der Waals surface area contributed by atoms with E-state index in [9.17, 15) is 0 Å². The van der Waals surface area contributed by atoms with E-state index in [1.807, 2.05) is 12.1 Å². The first-order chi connectivity index (χ1) is 13.9. The average molecular weight is 379 g/mol. The molecule has 1 saturated heterocycles. The van der Waals surface area contributed by atoms with Crippen molar-refractivity contribution >= 4 is 0 Å². The zero-order valence-electron chi connectivity index (χ0n) is 16.9. The first-order valence-corrected chi connectivity index (χ1v) is 10.2. The molecule has 1 atom stereocenters. The summed E-state index contributed by atoms with van der Waals surface area (Å²) in [4.78, 5) is 0. The SMILES string of the molecule is CCCCc1ccc(OCC#CCC#CCC#CCOC2CCCCO2)cc1. The van der Waals surface area contributed by atoms with E-state index in [-0.39, 0.29) is 6.29 Å². The molecule has 0 bridgehead atoms. The van der Waals surface area contributed by atoms with E-state index in [2.05, 4.69) is 54.6 Å². The second-order valence-corrected chi connectivity index (χ2v) is 6.56. The molecular formula is C25H30O3. The van der Waals surface area contributed by atoms with E-state index in [4.69, 9.17) is 14.2 Å². The molecule has 1 fully saturated rings. The summed E-state index contributed by atoms with van der Waals surface area (Å²) in [7, 11) is 0. The monoisotopic (exact) mass is 378 g/mol. The van der Waals surface area contributed by atoms with Gasteiger partial charge in [-0.15, -0.1) is 0 Å². The number of benzene rings is 1. The summed E-state index contributed by atoms with van der Waals surface area (Å²) >= 11 is 0. The lowest BCUT2D eigenvalue weighted by atomic mass is 10.1. The number of hydrogen-bond acceptors (Lipinski definition) is 3. The fourth-order valence-electron chi connectivity index (χ4n) is 2.67. The molecule has 0 saturated carbocycles. The highest BCUT2D eigenvalue weighted by Gasteiger charge is 2.12. The van der Waals surface area contributed by atoms with Crippen LogP contribution in [0.25, 0.3) is 0 Å². The Kier molecular flexibility index (Phi) is 11.5. The molecule has 1 aliphatic heterocycles. The predicted molar refractivity (Wildman–Crippen MR) is 113 cm³/mol. The van der Waals surface area contributed by atoms with E-state index in [1.54, 1.807) is 0 Å². The molecule has 1 heterocycles. The highest BCUT2D eigenvalue weighted by Crippen LogP contribution is 2.14. The fourth-order valence-corrected chi connectivity index (χ4v) is 2.67. The highest BCUT2D eigenvalue weighted by molar-refractivity contribution is 5.27. The fraction of sp³-hybridized carbons (Fsp3) is 0.520. The topological polar surface area (TPSA) is 27.7 Å². The summed E-state index contributed by atoms with van der Waals surface area (Å²) < 4.78 is 16.6. The van der Waals surface area contributed by atoms with Gasteiger partial charge in [0.25, 0.3) is 0 Å². The van der Waals surface area contributed by atoms with Crippen LogP contribution in [0.2, 0.25) is 0 Å². The molecule has 1 aliphatic rings. The van der Waals surface area contributed by atoms with Crippen LogP contribution >= 0.6 is 0 Å². The molecule has 0 aromatic heterocycles. The van der Waals surface area contributed by atoms with Crippen molar-refractivity contribution in [3.63, 3.8) is 0 Å². The molecule has 148 valence electrons. The van der Waals surface area contributed by atoms with Crippen LogP contribution in [-0.4, -0.2) is 26.1 Å². The maximum atomic E-state index is 5.62. The molecular weight excluding hydrogens is 348 g/mol. The third-order valence-corrected chi connectivity index (χ3v) is 4.26. The van der Waals surface area contributed by atoms with Crippen LogP contribution in [0, 0.1) is 35.5 Å². The molecule has 0 spiro atoms. The third kappa shape index (κ3) is 10.1. The molecule has 3 heteroatoms. The van der Waals surface area contributed by atoms with Crippen molar-refractivity contribution in [2.75, 3.05) is 19.8 Å². The lowest BCUT2D eigenvalue weighted by molar-refractivity contribution is -0.154. The smallest absolute Gasteiger partial charge is 0.158 e. The van der Waals surface area contributed by atoms with Crippen molar-refractivity contribution in [3.05, 3.63) is 29.8 Å². The summed E-state index contributed by atoms with van der Waals surface area (Å²) in [5.74, 6) is 18.8. The maximum absolute atomic E-state index is 5.62. The zero-order chi connectivity index (χ0) is 19.7. The summed E-state index contributed by atoms with van der Waals surface area (Å²) in [6.07, 6.45) is 7.82. The van der Waals surface area contributed by atoms with Crippen molar-refractivity contribution in [1.29, 1.82) is 0 Å². The van der Waals surface area contributed by atoms with Gasteiger partial charge in [-0.2, -0.15) is 0 Å². The van der Waals surface area contributed by atoms with Gasteiger partial charge in [0.05, 0.1) is 12.8 Å². The predicted octanol–water partition coefficient (Wildman–Crippen LogP) is 4.74. The molecule has 0 aliphatic carbocycles. The summed E-state index contributed by atoms with van der Waals surface area (Å²) in [6, 6.07) is 8.26. The van der Waals surface area contributed by atoms with Crippen LogP contribution in [0.4, 0.5) is 0 Å². The van der Waals surface area contributed by atoms with Crippen molar-refractivity contribution in [1.82, 2.24) is 0 Å². The van der Waals surface area contributed by atoms with Crippen LogP contribution in [0.5, 0.6) is 5.75 Å². The normalized spacial score (nSPS) is 15.2. The van der Waals surface area contributed by atoms with Gasteiger partial charge in [-0.25, -0.2) is 0 Å². The Morgan fingerprint density at radius 1 is 0.929 bits per heavy atom. The molecule has 2 rings (SSSR count). The van der Waals surface area contributed by atoms with Crippen LogP contribution < -0.4 is 4.74 Å². The summed E-state index contributed by atoms with van der Waals surface area (Å²) in [5, 5.41) is 0. The number of aryl methyl sites for hydroxylation is 1. The molecule has 3 nitrogen and oxygen atoms in total. The largest absolute Gasteiger partial charge is 0.481 e. The van der Waals surface area contributed by atoms with Crippen LogP contribution in [0.15, 0.2) is 24.3 Å². The minimum atomic E-state index is -0.0781. The average Bonchev–Trinajstić information content (AvgIpc) is 2.74. The van der Waals surface area contributed by atoms with Crippen molar-refractivity contribution in [2.45, 2.75) is 64.6 Å². The highest BCUT2D eigenvalue weighted by atomic mass is 16.7. The van der Waals surface area contributed by atoms with E-state index in [1.165, 1.54) is 24.8 Å². The Labute approximate surface area is 170 Å². The van der Waals surface area contributed by atoms with Crippen molar-refractivity contribution in [2.24, 2.45) is 0 Å². The number of unbranched alkanes of at least 4 members (excludes halogenated alkanes) is 1. The number of rotatable bonds is 7. The van der Waals surface area contributed by atoms with Crippen LogP contribution in [0.3, 0.4) is 0 Å².